The third-order valence-electron chi connectivity index (χ3n) is 5.32. The molecule has 0 radical (unpaired) electrons. The molecule has 5 nitrogen and oxygen atoms in total. The van der Waals surface area contributed by atoms with Crippen LogP contribution >= 0.6 is 0 Å². The second kappa shape index (κ2) is 5.79. The van der Waals surface area contributed by atoms with Crippen LogP contribution in [0.1, 0.15) is 48.3 Å². The van der Waals surface area contributed by atoms with E-state index in [-0.39, 0.29) is 5.91 Å². The van der Waals surface area contributed by atoms with Crippen molar-refractivity contribution in [1.29, 1.82) is 0 Å². The van der Waals surface area contributed by atoms with Gasteiger partial charge in [-0.05, 0) is 57.5 Å². The van der Waals surface area contributed by atoms with Gasteiger partial charge in [0.1, 0.15) is 5.69 Å². The molecule has 21 heavy (non-hydrogen) atoms. The average molecular weight is 290 g/mol. The highest BCUT2D eigenvalue weighted by molar-refractivity contribution is 5.93. The van der Waals surface area contributed by atoms with Crippen LogP contribution in [0.15, 0.2) is 6.33 Å². The van der Waals surface area contributed by atoms with Crippen LogP contribution in [0.3, 0.4) is 0 Å². The van der Waals surface area contributed by atoms with Crippen molar-refractivity contribution in [3.8, 4) is 0 Å². The van der Waals surface area contributed by atoms with Gasteiger partial charge in [0.2, 0.25) is 0 Å². The molecule has 1 amide bonds. The standard InChI is InChI=1S/C16H26N4O/c1-13-14(19(2)12-18-13)15(21)20-10-3-4-16(7-11-20)5-8-17-9-6-16/h12,17H,3-11H2,1-2H3. The van der Waals surface area contributed by atoms with Gasteiger partial charge in [-0.1, -0.05) is 0 Å². The maximum absolute atomic E-state index is 12.8. The molecule has 2 aliphatic heterocycles. The minimum Gasteiger partial charge on any atom is -0.337 e. The molecular formula is C16H26N4O. The summed E-state index contributed by atoms with van der Waals surface area (Å²) in [6, 6.07) is 0. The monoisotopic (exact) mass is 290 g/mol. The number of likely N-dealkylation sites (tertiary alicyclic amines) is 1. The number of carbonyl (C=O) groups is 1. The van der Waals surface area contributed by atoms with E-state index in [9.17, 15) is 4.79 Å². The number of hydrogen-bond donors (Lipinski definition) is 1. The first kappa shape index (κ1) is 14.6. The van der Waals surface area contributed by atoms with Gasteiger partial charge < -0.3 is 14.8 Å². The number of piperidine rings is 1. The van der Waals surface area contributed by atoms with Crippen molar-refractivity contribution in [2.45, 2.75) is 39.0 Å². The van der Waals surface area contributed by atoms with Gasteiger partial charge in [-0.25, -0.2) is 4.98 Å². The number of aryl methyl sites for hydroxylation is 2. The first-order valence-electron chi connectivity index (χ1n) is 8.09. The Morgan fingerprint density at radius 1 is 1.24 bits per heavy atom. The van der Waals surface area contributed by atoms with Crippen LogP contribution in [0.25, 0.3) is 0 Å². The molecule has 0 saturated carbocycles. The number of imidazole rings is 1. The molecule has 0 unspecified atom stereocenters. The lowest BCUT2D eigenvalue weighted by atomic mass is 9.73. The third-order valence-corrected chi connectivity index (χ3v) is 5.32. The predicted octanol–water partition coefficient (Wildman–Crippen LogP) is 1.72. The maximum atomic E-state index is 12.8. The van der Waals surface area contributed by atoms with Crippen LogP contribution in [-0.2, 0) is 7.05 Å². The summed E-state index contributed by atoms with van der Waals surface area (Å²) in [6.45, 7) is 5.96. The molecule has 3 rings (SSSR count). The highest BCUT2D eigenvalue weighted by Gasteiger charge is 2.35. The summed E-state index contributed by atoms with van der Waals surface area (Å²) in [6.07, 6.45) is 7.80. The number of aromatic nitrogens is 2. The Morgan fingerprint density at radius 2 is 2.00 bits per heavy atom. The summed E-state index contributed by atoms with van der Waals surface area (Å²) in [7, 11) is 1.90. The number of nitrogens with one attached hydrogen (secondary N) is 1. The van der Waals surface area contributed by atoms with E-state index in [1.807, 2.05) is 23.4 Å². The van der Waals surface area contributed by atoms with Crippen LogP contribution in [0.4, 0.5) is 0 Å². The molecule has 3 heterocycles. The number of nitrogens with zero attached hydrogens (tertiary/aromatic N) is 3. The fourth-order valence-corrected chi connectivity index (χ4v) is 3.92. The fourth-order valence-electron chi connectivity index (χ4n) is 3.92. The molecule has 2 aliphatic rings. The Hall–Kier alpha value is -1.36. The number of hydrogen-bond acceptors (Lipinski definition) is 3. The van der Waals surface area contributed by atoms with Crippen molar-refractivity contribution in [1.82, 2.24) is 19.8 Å². The van der Waals surface area contributed by atoms with Crippen LogP contribution in [0.5, 0.6) is 0 Å². The summed E-state index contributed by atoms with van der Waals surface area (Å²) in [5.74, 6) is 0.151. The molecule has 1 aromatic rings. The normalized spacial score (nSPS) is 22.3. The lowest BCUT2D eigenvalue weighted by Gasteiger charge is -2.37. The Balaban J connectivity index is 1.71. The van der Waals surface area contributed by atoms with Gasteiger partial charge in [0.25, 0.3) is 5.91 Å². The van der Waals surface area contributed by atoms with Crippen LogP contribution in [0.2, 0.25) is 0 Å². The molecular weight excluding hydrogens is 264 g/mol. The molecule has 116 valence electrons. The second-order valence-electron chi connectivity index (χ2n) is 6.69. The van der Waals surface area contributed by atoms with E-state index in [0.29, 0.717) is 5.41 Å². The van der Waals surface area contributed by atoms with Gasteiger partial charge in [-0.2, -0.15) is 0 Å². The van der Waals surface area contributed by atoms with E-state index in [4.69, 9.17) is 0 Å². The quantitative estimate of drug-likeness (QED) is 0.857. The summed E-state index contributed by atoms with van der Waals surface area (Å²) in [5, 5.41) is 3.46. The fraction of sp³-hybridized carbons (Fsp3) is 0.750. The van der Waals surface area contributed by atoms with E-state index in [1.54, 1.807) is 6.33 Å². The SMILES string of the molecule is Cc1ncn(C)c1C(=O)N1CCCC2(CCNCC2)CC1. The van der Waals surface area contributed by atoms with Crippen LogP contribution in [0, 0.1) is 12.3 Å². The zero-order valence-electron chi connectivity index (χ0n) is 13.2. The molecule has 0 aliphatic carbocycles. The summed E-state index contributed by atoms with van der Waals surface area (Å²) in [5.41, 5.74) is 2.06. The van der Waals surface area contributed by atoms with Gasteiger partial charge in [0.05, 0.1) is 12.0 Å². The van der Waals surface area contributed by atoms with Gasteiger partial charge in [-0.15, -0.1) is 0 Å². The van der Waals surface area contributed by atoms with Crippen molar-refractivity contribution < 1.29 is 4.79 Å². The van der Waals surface area contributed by atoms with E-state index >= 15 is 0 Å². The minimum atomic E-state index is 0.151. The van der Waals surface area contributed by atoms with Crippen molar-refractivity contribution in [2.75, 3.05) is 26.2 Å². The molecule has 2 fully saturated rings. The molecule has 1 aromatic heterocycles. The van der Waals surface area contributed by atoms with E-state index in [0.717, 1.165) is 50.4 Å². The van der Waals surface area contributed by atoms with Crippen LogP contribution < -0.4 is 5.32 Å². The Morgan fingerprint density at radius 3 is 2.67 bits per heavy atom. The largest absolute Gasteiger partial charge is 0.337 e. The molecule has 2 saturated heterocycles. The van der Waals surface area contributed by atoms with Crippen molar-refractivity contribution in [2.24, 2.45) is 12.5 Å². The second-order valence-corrected chi connectivity index (χ2v) is 6.69. The van der Waals surface area contributed by atoms with E-state index in [1.165, 1.54) is 19.3 Å². The third kappa shape index (κ3) is 2.84. The van der Waals surface area contributed by atoms with E-state index in [2.05, 4.69) is 10.3 Å². The Kier molecular flexibility index (Phi) is 4.02. The smallest absolute Gasteiger partial charge is 0.272 e. The lowest BCUT2D eigenvalue weighted by molar-refractivity contribution is 0.0740. The molecule has 0 bridgehead atoms. The first-order chi connectivity index (χ1) is 10.1. The number of amides is 1. The number of rotatable bonds is 1. The molecule has 1 spiro atoms. The lowest BCUT2D eigenvalue weighted by Crippen LogP contribution is -2.38. The highest BCUT2D eigenvalue weighted by Crippen LogP contribution is 2.39. The number of carbonyl (C=O) groups excluding carboxylic acids is 1. The molecule has 1 N–H and O–H groups in total. The van der Waals surface area contributed by atoms with Gasteiger partial charge in [0, 0.05) is 20.1 Å². The van der Waals surface area contributed by atoms with Crippen LogP contribution in [-0.4, -0.2) is 46.5 Å². The van der Waals surface area contributed by atoms with E-state index < -0.39 is 0 Å². The van der Waals surface area contributed by atoms with Gasteiger partial charge >= 0.3 is 0 Å². The summed E-state index contributed by atoms with van der Waals surface area (Å²) >= 11 is 0. The Labute approximate surface area is 126 Å². The summed E-state index contributed by atoms with van der Waals surface area (Å²) < 4.78 is 1.85. The first-order valence-corrected chi connectivity index (χ1v) is 8.09. The Bertz CT molecular complexity index is 497. The zero-order valence-corrected chi connectivity index (χ0v) is 13.2. The minimum absolute atomic E-state index is 0.151. The van der Waals surface area contributed by atoms with Gasteiger partial charge in [-0.3, -0.25) is 4.79 Å². The topological polar surface area (TPSA) is 50.2 Å². The highest BCUT2D eigenvalue weighted by atomic mass is 16.2. The van der Waals surface area contributed by atoms with Crippen molar-refractivity contribution in [3.05, 3.63) is 17.7 Å². The van der Waals surface area contributed by atoms with Crippen molar-refractivity contribution in [3.63, 3.8) is 0 Å². The average Bonchev–Trinajstić information content (AvgIpc) is 2.70. The maximum Gasteiger partial charge on any atom is 0.272 e. The zero-order chi connectivity index (χ0) is 14.9. The van der Waals surface area contributed by atoms with Crippen molar-refractivity contribution >= 4 is 5.91 Å². The molecule has 0 aromatic carbocycles. The predicted molar refractivity (Wildman–Crippen MR) is 82.2 cm³/mol. The summed E-state index contributed by atoms with van der Waals surface area (Å²) in [4.78, 5) is 19.1. The molecule has 0 atom stereocenters. The molecule has 5 heteroatoms. The van der Waals surface area contributed by atoms with Gasteiger partial charge in [0.15, 0.2) is 0 Å².